The van der Waals surface area contributed by atoms with Gasteiger partial charge in [-0.2, -0.15) is 0 Å². The summed E-state index contributed by atoms with van der Waals surface area (Å²) >= 11 is 0. The van der Waals surface area contributed by atoms with Crippen molar-refractivity contribution in [2.75, 3.05) is 10.6 Å². The fraction of sp³-hybridized carbons (Fsp3) is 0.136. The minimum atomic E-state index is -0.945. The number of rotatable bonds is 5. The standard InChI is InChI=1S/C22H19N5O3/c1-13-11-19(24-12-23-13)25-15-7-9-16(10-8-15)26-20(28)14(2)27-21(29)17-5-3-4-6-18(17)22(27)30/h3-12,14H,1-2H3,(H,26,28)(H,23,24,25). The summed E-state index contributed by atoms with van der Waals surface area (Å²) in [6.45, 7) is 3.41. The van der Waals surface area contributed by atoms with Gasteiger partial charge in [-0.25, -0.2) is 9.97 Å². The average Bonchev–Trinajstić information content (AvgIpc) is 2.99. The van der Waals surface area contributed by atoms with Crippen LogP contribution in [-0.4, -0.2) is 38.6 Å². The highest BCUT2D eigenvalue weighted by Crippen LogP contribution is 2.25. The van der Waals surface area contributed by atoms with Crippen LogP contribution in [0.4, 0.5) is 17.2 Å². The van der Waals surface area contributed by atoms with Crippen LogP contribution in [0.25, 0.3) is 0 Å². The van der Waals surface area contributed by atoms with Crippen molar-refractivity contribution in [3.05, 3.63) is 77.7 Å². The van der Waals surface area contributed by atoms with Gasteiger partial charge in [-0.05, 0) is 50.2 Å². The Kier molecular flexibility index (Phi) is 4.97. The third-order valence-corrected chi connectivity index (χ3v) is 4.82. The van der Waals surface area contributed by atoms with Gasteiger partial charge in [0.05, 0.1) is 11.1 Å². The summed E-state index contributed by atoms with van der Waals surface area (Å²) in [6, 6.07) is 14.5. The van der Waals surface area contributed by atoms with Crippen molar-refractivity contribution in [2.45, 2.75) is 19.9 Å². The first-order valence-electron chi connectivity index (χ1n) is 9.37. The summed E-state index contributed by atoms with van der Waals surface area (Å²) in [5.41, 5.74) is 2.82. The first-order valence-corrected chi connectivity index (χ1v) is 9.37. The Morgan fingerprint density at radius 2 is 1.53 bits per heavy atom. The smallest absolute Gasteiger partial charge is 0.262 e. The molecule has 1 aliphatic rings. The number of imide groups is 1. The Balaban J connectivity index is 1.43. The molecule has 0 aliphatic carbocycles. The number of benzene rings is 2. The zero-order chi connectivity index (χ0) is 21.3. The van der Waals surface area contributed by atoms with E-state index in [0.29, 0.717) is 22.6 Å². The zero-order valence-electron chi connectivity index (χ0n) is 16.4. The van der Waals surface area contributed by atoms with Crippen molar-refractivity contribution in [1.29, 1.82) is 0 Å². The highest BCUT2D eigenvalue weighted by atomic mass is 16.2. The summed E-state index contributed by atoms with van der Waals surface area (Å²) in [7, 11) is 0. The molecular weight excluding hydrogens is 382 g/mol. The number of nitrogens with one attached hydrogen (secondary N) is 2. The summed E-state index contributed by atoms with van der Waals surface area (Å²) in [5, 5.41) is 5.90. The number of hydrogen-bond donors (Lipinski definition) is 2. The average molecular weight is 401 g/mol. The quantitative estimate of drug-likeness (QED) is 0.637. The lowest BCUT2D eigenvalue weighted by molar-refractivity contribution is -0.119. The van der Waals surface area contributed by atoms with Crippen LogP contribution in [0.1, 0.15) is 33.3 Å². The molecule has 3 aromatic rings. The number of fused-ring (bicyclic) bond motifs is 1. The highest BCUT2D eigenvalue weighted by molar-refractivity contribution is 6.23. The van der Waals surface area contributed by atoms with Gasteiger partial charge >= 0.3 is 0 Å². The van der Waals surface area contributed by atoms with Gasteiger partial charge in [0.1, 0.15) is 18.2 Å². The Morgan fingerprint density at radius 1 is 0.933 bits per heavy atom. The predicted molar refractivity (Wildman–Crippen MR) is 112 cm³/mol. The fourth-order valence-corrected chi connectivity index (χ4v) is 3.23. The van der Waals surface area contributed by atoms with E-state index in [9.17, 15) is 14.4 Å². The molecule has 0 radical (unpaired) electrons. The van der Waals surface area contributed by atoms with E-state index in [1.807, 2.05) is 13.0 Å². The molecule has 1 aliphatic heterocycles. The van der Waals surface area contributed by atoms with E-state index in [1.54, 1.807) is 48.5 Å². The first kappa shape index (κ1) is 19.3. The molecular formula is C22H19N5O3. The molecule has 8 heteroatoms. The molecule has 1 aromatic heterocycles. The van der Waals surface area contributed by atoms with Crippen molar-refractivity contribution >= 4 is 34.9 Å². The molecule has 8 nitrogen and oxygen atoms in total. The van der Waals surface area contributed by atoms with Crippen LogP contribution in [0, 0.1) is 6.92 Å². The molecule has 3 amide bonds. The fourth-order valence-electron chi connectivity index (χ4n) is 3.23. The monoisotopic (exact) mass is 401 g/mol. The lowest BCUT2D eigenvalue weighted by Gasteiger charge is -2.21. The van der Waals surface area contributed by atoms with Crippen molar-refractivity contribution in [2.24, 2.45) is 0 Å². The lowest BCUT2D eigenvalue weighted by Crippen LogP contribution is -2.45. The lowest BCUT2D eigenvalue weighted by atomic mass is 10.1. The molecule has 0 fully saturated rings. The second-order valence-electron chi connectivity index (χ2n) is 6.94. The van der Waals surface area contributed by atoms with E-state index in [2.05, 4.69) is 20.6 Å². The molecule has 2 N–H and O–H groups in total. The maximum absolute atomic E-state index is 12.7. The molecule has 4 rings (SSSR count). The Hall–Kier alpha value is -4.07. The topological polar surface area (TPSA) is 104 Å². The molecule has 0 bridgehead atoms. The third-order valence-electron chi connectivity index (χ3n) is 4.82. The highest BCUT2D eigenvalue weighted by Gasteiger charge is 2.40. The van der Waals surface area contributed by atoms with Crippen molar-refractivity contribution in [3.63, 3.8) is 0 Å². The summed E-state index contributed by atoms with van der Waals surface area (Å²) < 4.78 is 0. The number of hydrogen-bond acceptors (Lipinski definition) is 6. The number of amides is 3. The van der Waals surface area contributed by atoms with E-state index in [0.717, 1.165) is 16.3 Å². The van der Waals surface area contributed by atoms with E-state index in [-0.39, 0.29) is 0 Å². The Bertz CT molecular complexity index is 1110. The second-order valence-corrected chi connectivity index (χ2v) is 6.94. The zero-order valence-corrected chi connectivity index (χ0v) is 16.4. The number of nitrogens with zero attached hydrogens (tertiary/aromatic N) is 3. The molecule has 2 aromatic carbocycles. The molecule has 1 unspecified atom stereocenters. The van der Waals surface area contributed by atoms with Crippen LogP contribution < -0.4 is 10.6 Å². The number of carbonyl (C=O) groups excluding carboxylic acids is 3. The van der Waals surface area contributed by atoms with Crippen LogP contribution in [0.2, 0.25) is 0 Å². The van der Waals surface area contributed by atoms with Gasteiger partial charge in [0.2, 0.25) is 5.91 Å². The van der Waals surface area contributed by atoms with Crippen LogP contribution in [0.5, 0.6) is 0 Å². The van der Waals surface area contributed by atoms with Crippen LogP contribution in [0.15, 0.2) is 60.9 Å². The first-order chi connectivity index (χ1) is 14.4. The van der Waals surface area contributed by atoms with Gasteiger partial charge in [0, 0.05) is 23.1 Å². The van der Waals surface area contributed by atoms with Gasteiger partial charge in [-0.15, -0.1) is 0 Å². The molecule has 30 heavy (non-hydrogen) atoms. The number of aromatic nitrogens is 2. The largest absolute Gasteiger partial charge is 0.340 e. The number of carbonyl (C=O) groups is 3. The SMILES string of the molecule is Cc1cc(Nc2ccc(NC(=O)C(C)N3C(=O)c4ccccc4C3=O)cc2)ncn1. The summed E-state index contributed by atoms with van der Waals surface area (Å²) in [6.07, 6.45) is 1.48. The van der Waals surface area contributed by atoms with Gasteiger partial charge in [-0.1, -0.05) is 12.1 Å². The molecule has 0 saturated carbocycles. The van der Waals surface area contributed by atoms with Crippen LogP contribution in [0.3, 0.4) is 0 Å². The van der Waals surface area contributed by atoms with E-state index < -0.39 is 23.8 Å². The maximum atomic E-state index is 12.7. The van der Waals surface area contributed by atoms with E-state index in [4.69, 9.17) is 0 Å². The maximum Gasteiger partial charge on any atom is 0.262 e. The minimum absolute atomic E-state index is 0.317. The van der Waals surface area contributed by atoms with Crippen LogP contribution >= 0.6 is 0 Å². The second kappa shape index (κ2) is 7.75. The van der Waals surface area contributed by atoms with E-state index in [1.165, 1.54) is 13.3 Å². The van der Waals surface area contributed by atoms with Gasteiger partial charge in [-0.3, -0.25) is 19.3 Å². The molecule has 150 valence electrons. The van der Waals surface area contributed by atoms with Crippen molar-refractivity contribution in [3.8, 4) is 0 Å². The third kappa shape index (κ3) is 3.62. The molecule has 2 heterocycles. The summed E-state index contributed by atoms with van der Waals surface area (Å²) in [5.74, 6) is -0.703. The Morgan fingerprint density at radius 3 is 2.13 bits per heavy atom. The Labute approximate surface area is 173 Å². The number of aryl methyl sites for hydroxylation is 1. The van der Waals surface area contributed by atoms with Gasteiger partial charge < -0.3 is 10.6 Å². The van der Waals surface area contributed by atoms with Gasteiger partial charge in [0.15, 0.2) is 0 Å². The molecule has 0 spiro atoms. The van der Waals surface area contributed by atoms with Crippen molar-refractivity contribution < 1.29 is 14.4 Å². The molecule has 1 atom stereocenters. The number of anilines is 3. The van der Waals surface area contributed by atoms with Crippen LogP contribution in [-0.2, 0) is 4.79 Å². The minimum Gasteiger partial charge on any atom is -0.340 e. The predicted octanol–water partition coefficient (Wildman–Crippen LogP) is 3.15. The van der Waals surface area contributed by atoms with Crippen molar-refractivity contribution in [1.82, 2.24) is 14.9 Å². The molecule has 0 saturated heterocycles. The van der Waals surface area contributed by atoms with E-state index >= 15 is 0 Å². The summed E-state index contributed by atoms with van der Waals surface area (Å²) in [4.78, 5) is 47.0. The van der Waals surface area contributed by atoms with Gasteiger partial charge in [0.25, 0.3) is 11.8 Å². The normalized spacial score (nSPS) is 13.7.